The number of hydrazine groups is 1. The predicted molar refractivity (Wildman–Crippen MR) is 82.4 cm³/mol. The first kappa shape index (κ1) is 13.8. The molecule has 1 heterocycles. The number of aromatic nitrogens is 3. The van der Waals surface area contributed by atoms with E-state index >= 15 is 0 Å². The molecule has 0 saturated heterocycles. The fraction of sp³-hybridized carbons (Fsp3) is 0. The lowest BCUT2D eigenvalue weighted by Crippen LogP contribution is -2.32. The van der Waals surface area contributed by atoms with Gasteiger partial charge in [0.15, 0.2) is 11.6 Å². The molecule has 0 radical (unpaired) electrons. The van der Waals surface area contributed by atoms with Crippen LogP contribution < -0.4 is 11.3 Å². The molecule has 0 aliphatic carbocycles. The van der Waals surface area contributed by atoms with Crippen LogP contribution in [-0.4, -0.2) is 20.9 Å². The van der Waals surface area contributed by atoms with Crippen LogP contribution in [0.5, 0.6) is 0 Å². The largest absolute Gasteiger partial charge is 0.303 e. The van der Waals surface area contributed by atoms with Gasteiger partial charge in [-0.05, 0) is 0 Å². The normalized spacial score (nSPS) is 10.2. The molecule has 1 aromatic heterocycles. The lowest BCUT2D eigenvalue weighted by molar-refractivity contribution is 0.0943. The molecule has 0 spiro atoms. The molecule has 3 N–H and O–H groups in total. The average Bonchev–Trinajstić information content (AvgIpc) is 2.62. The van der Waals surface area contributed by atoms with Gasteiger partial charge in [-0.1, -0.05) is 60.7 Å². The maximum atomic E-state index is 11.8. The highest BCUT2D eigenvalue weighted by molar-refractivity contribution is 5.90. The number of carbonyl (C=O) groups is 1. The second-order valence-corrected chi connectivity index (χ2v) is 4.51. The zero-order valence-electron chi connectivity index (χ0n) is 11.6. The van der Waals surface area contributed by atoms with Gasteiger partial charge in [-0.25, -0.2) is 20.8 Å². The van der Waals surface area contributed by atoms with E-state index in [1.807, 2.05) is 66.1 Å². The third-order valence-corrected chi connectivity index (χ3v) is 3.03. The van der Waals surface area contributed by atoms with Gasteiger partial charge < -0.3 is 0 Å². The van der Waals surface area contributed by atoms with Crippen LogP contribution in [0.2, 0.25) is 0 Å². The number of nitrogens with two attached hydrogens (primary N) is 1. The summed E-state index contributed by atoms with van der Waals surface area (Å²) in [6, 6.07) is 18.8. The zero-order chi connectivity index (χ0) is 15.4. The van der Waals surface area contributed by atoms with Gasteiger partial charge in [0.05, 0.1) is 0 Å². The van der Waals surface area contributed by atoms with Crippen LogP contribution in [0, 0.1) is 0 Å². The molecule has 3 rings (SSSR count). The highest BCUT2D eigenvalue weighted by Gasteiger charge is 2.14. The molecule has 6 nitrogen and oxygen atoms in total. The van der Waals surface area contributed by atoms with E-state index in [0.29, 0.717) is 11.6 Å². The molecule has 0 fully saturated rings. The fourth-order valence-electron chi connectivity index (χ4n) is 1.97. The van der Waals surface area contributed by atoms with Gasteiger partial charge in [0.2, 0.25) is 5.82 Å². The Kier molecular flexibility index (Phi) is 3.84. The summed E-state index contributed by atoms with van der Waals surface area (Å²) in [6.45, 7) is 0. The average molecular weight is 291 g/mol. The number of nitrogens with zero attached hydrogens (tertiary/aromatic N) is 3. The van der Waals surface area contributed by atoms with Crippen molar-refractivity contribution in [1.82, 2.24) is 20.4 Å². The number of benzene rings is 2. The number of amides is 1. The molecule has 108 valence electrons. The molecular formula is C16H13N5O. The highest BCUT2D eigenvalue weighted by atomic mass is 16.2. The Morgan fingerprint density at radius 3 is 1.64 bits per heavy atom. The van der Waals surface area contributed by atoms with Gasteiger partial charge in [-0.15, -0.1) is 0 Å². The number of hydrogen-bond acceptors (Lipinski definition) is 5. The van der Waals surface area contributed by atoms with Crippen LogP contribution in [0.25, 0.3) is 22.8 Å². The van der Waals surface area contributed by atoms with Gasteiger partial charge in [-0.3, -0.25) is 10.2 Å². The van der Waals surface area contributed by atoms with Crippen molar-refractivity contribution in [3.05, 3.63) is 66.5 Å². The third-order valence-electron chi connectivity index (χ3n) is 3.03. The summed E-state index contributed by atoms with van der Waals surface area (Å²) in [7, 11) is 0. The van der Waals surface area contributed by atoms with Crippen molar-refractivity contribution < 1.29 is 4.79 Å². The molecule has 6 heteroatoms. The van der Waals surface area contributed by atoms with Crippen molar-refractivity contribution in [1.29, 1.82) is 0 Å². The molecule has 3 aromatic rings. The van der Waals surface area contributed by atoms with E-state index in [9.17, 15) is 4.79 Å². The second-order valence-electron chi connectivity index (χ2n) is 4.51. The zero-order valence-corrected chi connectivity index (χ0v) is 11.6. The summed E-state index contributed by atoms with van der Waals surface area (Å²) in [5.41, 5.74) is 3.65. The molecule has 0 aliphatic rings. The van der Waals surface area contributed by atoms with E-state index in [2.05, 4.69) is 15.0 Å². The molecule has 0 atom stereocenters. The second kappa shape index (κ2) is 6.11. The van der Waals surface area contributed by atoms with Crippen molar-refractivity contribution in [3.8, 4) is 22.8 Å². The van der Waals surface area contributed by atoms with Crippen LogP contribution in [0.1, 0.15) is 10.6 Å². The fourth-order valence-corrected chi connectivity index (χ4v) is 1.97. The van der Waals surface area contributed by atoms with Crippen molar-refractivity contribution in [2.24, 2.45) is 5.84 Å². The summed E-state index contributed by atoms with van der Waals surface area (Å²) in [5.74, 6) is 5.45. The Balaban J connectivity index is 2.17. The molecule has 0 bridgehead atoms. The molecule has 1 amide bonds. The maximum absolute atomic E-state index is 11.8. The summed E-state index contributed by atoms with van der Waals surface area (Å²) >= 11 is 0. The number of nitrogens with one attached hydrogen (secondary N) is 1. The molecule has 0 aliphatic heterocycles. The summed E-state index contributed by atoms with van der Waals surface area (Å²) in [6.07, 6.45) is 0. The van der Waals surface area contributed by atoms with Crippen molar-refractivity contribution in [2.45, 2.75) is 0 Å². The van der Waals surface area contributed by atoms with E-state index in [0.717, 1.165) is 11.1 Å². The van der Waals surface area contributed by atoms with Gasteiger partial charge in [0, 0.05) is 11.1 Å². The first-order valence-corrected chi connectivity index (χ1v) is 6.66. The van der Waals surface area contributed by atoms with Crippen LogP contribution in [0.15, 0.2) is 60.7 Å². The van der Waals surface area contributed by atoms with E-state index in [1.165, 1.54) is 0 Å². The van der Waals surface area contributed by atoms with Crippen molar-refractivity contribution in [3.63, 3.8) is 0 Å². The Labute approximate surface area is 127 Å². The van der Waals surface area contributed by atoms with E-state index in [4.69, 9.17) is 5.84 Å². The van der Waals surface area contributed by atoms with Crippen LogP contribution >= 0.6 is 0 Å². The Morgan fingerprint density at radius 2 is 1.23 bits per heavy atom. The molecular weight excluding hydrogens is 278 g/mol. The highest BCUT2D eigenvalue weighted by Crippen LogP contribution is 2.19. The first-order chi connectivity index (χ1) is 10.8. The van der Waals surface area contributed by atoms with Gasteiger partial charge >= 0.3 is 5.91 Å². The van der Waals surface area contributed by atoms with Crippen molar-refractivity contribution >= 4 is 5.91 Å². The first-order valence-electron chi connectivity index (χ1n) is 6.66. The van der Waals surface area contributed by atoms with Crippen LogP contribution in [0.3, 0.4) is 0 Å². The molecule has 2 aromatic carbocycles. The maximum Gasteiger partial charge on any atom is 0.303 e. The lowest BCUT2D eigenvalue weighted by Gasteiger charge is -2.06. The van der Waals surface area contributed by atoms with E-state index in [1.54, 1.807) is 0 Å². The van der Waals surface area contributed by atoms with Crippen LogP contribution in [0.4, 0.5) is 0 Å². The number of hydrogen-bond donors (Lipinski definition) is 2. The molecule has 22 heavy (non-hydrogen) atoms. The minimum Gasteiger partial charge on any atom is -0.287 e. The standard InChI is InChI=1S/C16H13N5O/c17-21-16(22)15-19-13(11-7-3-1-4-8-11)18-14(20-15)12-9-5-2-6-10-12/h1-10H,17H2,(H,21,22). The Hall–Kier alpha value is -3.12. The molecule has 0 saturated carbocycles. The number of nitrogen functional groups attached to an aromatic ring is 1. The quantitative estimate of drug-likeness (QED) is 0.436. The SMILES string of the molecule is NNC(=O)c1nc(-c2ccccc2)nc(-c2ccccc2)n1. The van der Waals surface area contributed by atoms with Crippen LogP contribution in [-0.2, 0) is 0 Å². The number of rotatable bonds is 3. The Morgan fingerprint density at radius 1 is 0.773 bits per heavy atom. The summed E-state index contributed by atoms with van der Waals surface area (Å²) in [5, 5.41) is 0. The van der Waals surface area contributed by atoms with Gasteiger partial charge in [0.1, 0.15) is 0 Å². The smallest absolute Gasteiger partial charge is 0.287 e. The summed E-state index contributed by atoms with van der Waals surface area (Å²) in [4.78, 5) is 24.6. The molecule has 0 unspecified atom stereocenters. The topological polar surface area (TPSA) is 93.8 Å². The minimum atomic E-state index is -0.559. The van der Waals surface area contributed by atoms with Crippen molar-refractivity contribution in [2.75, 3.05) is 0 Å². The Bertz CT molecular complexity index is 732. The predicted octanol–water partition coefficient (Wildman–Crippen LogP) is 1.81. The van der Waals surface area contributed by atoms with E-state index in [-0.39, 0.29) is 5.82 Å². The monoisotopic (exact) mass is 291 g/mol. The number of carbonyl (C=O) groups excluding carboxylic acids is 1. The van der Waals surface area contributed by atoms with E-state index < -0.39 is 5.91 Å². The third kappa shape index (κ3) is 2.82. The lowest BCUT2D eigenvalue weighted by atomic mass is 10.2. The minimum absolute atomic E-state index is 0.0183. The van der Waals surface area contributed by atoms with Gasteiger partial charge in [-0.2, -0.15) is 0 Å². The summed E-state index contributed by atoms with van der Waals surface area (Å²) < 4.78 is 0. The van der Waals surface area contributed by atoms with Gasteiger partial charge in [0.25, 0.3) is 0 Å².